The van der Waals surface area contributed by atoms with Gasteiger partial charge in [-0.25, -0.2) is 0 Å². The minimum atomic E-state index is 0.234. The van der Waals surface area contributed by atoms with Crippen molar-refractivity contribution in [1.29, 1.82) is 0 Å². The molecule has 2 rings (SSSR count). The number of hydrogen-bond donors (Lipinski definition) is 3. The molecule has 7 heteroatoms. The summed E-state index contributed by atoms with van der Waals surface area (Å²) in [5.74, 6) is 1.54. The lowest BCUT2D eigenvalue weighted by molar-refractivity contribution is 0.847. The Labute approximate surface area is 135 Å². The van der Waals surface area contributed by atoms with Gasteiger partial charge >= 0.3 is 0 Å². The monoisotopic (exact) mass is 320 g/mol. The van der Waals surface area contributed by atoms with E-state index in [1.807, 2.05) is 52.0 Å². The molecular weight excluding hydrogens is 300 g/mol. The molecule has 3 N–H and O–H groups in total. The van der Waals surface area contributed by atoms with E-state index in [2.05, 4.69) is 30.9 Å². The molecule has 1 aromatic heterocycles. The first kappa shape index (κ1) is 16.3. The van der Waals surface area contributed by atoms with Crippen LogP contribution in [0, 0.1) is 0 Å². The Morgan fingerprint density at radius 3 is 1.68 bits per heavy atom. The fourth-order valence-electron chi connectivity index (χ4n) is 1.74. The van der Waals surface area contributed by atoms with Gasteiger partial charge in [0.15, 0.2) is 0 Å². The lowest BCUT2D eigenvalue weighted by Crippen LogP contribution is -2.18. The Bertz CT molecular complexity index is 584. The van der Waals surface area contributed by atoms with E-state index in [0.717, 1.165) is 5.69 Å². The maximum atomic E-state index is 5.89. The van der Waals surface area contributed by atoms with Gasteiger partial charge in [0, 0.05) is 22.8 Å². The predicted molar refractivity (Wildman–Crippen MR) is 92.1 cm³/mol. The van der Waals surface area contributed by atoms with Crippen molar-refractivity contribution in [3.05, 3.63) is 29.3 Å². The summed E-state index contributed by atoms with van der Waals surface area (Å²) in [6.45, 7) is 8.13. The summed E-state index contributed by atoms with van der Waals surface area (Å²) < 4.78 is 0. The van der Waals surface area contributed by atoms with Crippen LogP contribution in [0.1, 0.15) is 27.7 Å². The summed E-state index contributed by atoms with van der Waals surface area (Å²) in [6, 6.07) is 7.83. The van der Waals surface area contributed by atoms with Gasteiger partial charge in [-0.2, -0.15) is 15.0 Å². The summed E-state index contributed by atoms with van der Waals surface area (Å²) in [7, 11) is 0. The van der Waals surface area contributed by atoms with Gasteiger partial charge in [0.2, 0.25) is 17.8 Å². The van der Waals surface area contributed by atoms with Crippen LogP contribution in [0.25, 0.3) is 0 Å². The van der Waals surface area contributed by atoms with E-state index < -0.39 is 0 Å². The van der Waals surface area contributed by atoms with Gasteiger partial charge in [-0.15, -0.1) is 0 Å². The molecule has 0 unspecified atom stereocenters. The molecule has 1 heterocycles. The third-order valence-electron chi connectivity index (χ3n) is 2.57. The van der Waals surface area contributed by atoms with Gasteiger partial charge in [0.25, 0.3) is 0 Å². The second kappa shape index (κ2) is 7.26. The third kappa shape index (κ3) is 5.04. The Balaban J connectivity index is 2.25. The fraction of sp³-hybridized carbons (Fsp3) is 0.400. The van der Waals surface area contributed by atoms with Gasteiger partial charge in [-0.3, -0.25) is 0 Å². The van der Waals surface area contributed by atoms with Gasteiger partial charge in [0.05, 0.1) is 0 Å². The van der Waals surface area contributed by atoms with Crippen molar-refractivity contribution in [3.8, 4) is 0 Å². The minimum Gasteiger partial charge on any atom is -0.352 e. The number of aromatic nitrogens is 3. The Hall–Kier alpha value is -2.08. The molecule has 0 radical (unpaired) electrons. The second-order valence-corrected chi connectivity index (χ2v) is 5.97. The van der Waals surface area contributed by atoms with Crippen molar-refractivity contribution in [2.45, 2.75) is 39.8 Å². The molecule has 0 bridgehead atoms. The van der Waals surface area contributed by atoms with Crippen LogP contribution in [0.5, 0.6) is 0 Å². The number of nitrogens with zero attached hydrogens (tertiary/aromatic N) is 3. The van der Waals surface area contributed by atoms with E-state index in [0.29, 0.717) is 22.9 Å². The van der Waals surface area contributed by atoms with Crippen molar-refractivity contribution in [1.82, 2.24) is 15.0 Å². The Morgan fingerprint density at radius 1 is 0.773 bits per heavy atom. The first-order valence-corrected chi connectivity index (χ1v) is 7.62. The average Bonchev–Trinajstić information content (AvgIpc) is 2.39. The standard InChI is InChI=1S/C15H21ClN6/c1-9(2)17-13-20-14(18-10(3)4)22-15(21-13)19-12-7-5-11(16)6-8-12/h5-10H,1-4H3,(H3,17,18,19,20,21,22). The first-order valence-electron chi connectivity index (χ1n) is 7.24. The fourth-order valence-corrected chi connectivity index (χ4v) is 1.87. The quantitative estimate of drug-likeness (QED) is 0.749. The van der Waals surface area contributed by atoms with Crippen molar-refractivity contribution in [2.75, 3.05) is 16.0 Å². The molecule has 0 fully saturated rings. The van der Waals surface area contributed by atoms with Crippen LogP contribution in [0.3, 0.4) is 0 Å². The van der Waals surface area contributed by atoms with Gasteiger partial charge in [0.1, 0.15) is 0 Å². The van der Waals surface area contributed by atoms with Gasteiger partial charge in [-0.05, 0) is 52.0 Å². The molecule has 118 valence electrons. The van der Waals surface area contributed by atoms with Crippen LogP contribution < -0.4 is 16.0 Å². The number of rotatable bonds is 6. The lowest BCUT2D eigenvalue weighted by Gasteiger charge is -2.14. The first-order chi connectivity index (χ1) is 10.4. The van der Waals surface area contributed by atoms with Crippen LogP contribution in [0.15, 0.2) is 24.3 Å². The molecule has 0 spiro atoms. The molecule has 0 amide bonds. The maximum Gasteiger partial charge on any atom is 0.233 e. The van der Waals surface area contributed by atoms with Crippen molar-refractivity contribution in [2.24, 2.45) is 0 Å². The highest BCUT2D eigenvalue weighted by atomic mass is 35.5. The SMILES string of the molecule is CC(C)Nc1nc(Nc2ccc(Cl)cc2)nc(NC(C)C)n1. The van der Waals surface area contributed by atoms with Gasteiger partial charge < -0.3 is 16.0 Å². The lowest BCUT2D eigenvalue weighted by atomic mass is 10.3. The second-order valence-electron chi connectivity index (χ2n) is 5.54. The molecule has 0 aliphatic heterocycles. The topological polar surface area (TPSA) is 74.8 Å². The molecule has 22 heavy (non-hydrogen) atoms. The minimum absolute atomic E-state index is 0.234. The van der Waals surface area contributed by atoms with E-state index in [1.54, 1.807) is 0 Å². The van der Waals surface area contributed by atoms with Crippen LogP contribution in [-0.2, 0) is 0 Å². The predicted octanol–water partition coefficient (Wildman–Crippen LogP) is 3.91. The summed E-state index contributed by atoms with van der Waals surface area (Å²) in [4.78, 5) is 13.1. The van der Waals surface area contributed by atoms with E-state index in [-0.39, 0.29) is 12.1 Å². The zero-order valence-electron chi connectivity index (χ0n) is 13.2. The van der Waals surface area contributed by atoms with Crippen LogP contribution in [0.4, 0.5) is 23.5 Å². The molecular formula is C15H21ClN6. The van der Waals surface area contributed by atoms with Crippen molar-refractivity contribution < 1.29 is 0 Å². The van der Waals surface area contributed by atoms with Crippen LogP contribution >= 0.6 is 11.6 Å². The summed E-state index contributed by atoms with van der Waals surface area (Å²) in [5, 5.41) is 10.2. The summed E-state index contributed by atoms with van der Waals surface area (Å²) >= 11 is 5.89. The van der Waals surface area contributed by atoms with Crippen molar-refractivity contribution in [3.63, 3.8) is 0 Å². The molecule has 0 saturated heterocycles. The number of benzene rings is 1. The van der Waals surface area contributed by atoms with Crippen LogP contribution in [-0.4, -0.2) is 27.0 Å². The zero-order valence-corrected chi connectivity index (χ0v) is 13.9. The highest BCUT2D eigenvalue weighted by Crippen LogP contribution is 2.18. The van der Waals surface area contributed by atoms with E-state index in [9.17, 15) is 0 Å². The van der Waals surface area contributed by atoms with E-state index in [4.69, 9.17) is 11.6 Å². The number of hydrogen-bond acceptors (Lipinski definition) is 6. The normalized spacial score (nSPS) is 10.9. The van der Waals surface area contributed by atoms with E-state index >= 15 is 0 Å². The van der Waals surface area contributed by atoms with Gasteiger partial charge in [-0.1, -0.05) is 11.6 Å². The number of anilines is 4. The molecule has 1 aromatic carbocycles. The van der Waals surface area contributed by atoms with E-state index in [1.165, 1.54) is 0 Å². The molecule has 2 aromatic rings. The third-order valence-corrected chi connectivity index (χ3v) is 2.82. The largest absolute Gasteiger partial charge is 0.352 e. The number of nitrogens with one attached hydrogen (secondary N) is 3. The molecule has 6 nitrogen and oxygen atoms in total. The molecule has 0 saturated carbocycles. The highest BCUT2D eigenvalue weighted by Gasteiger charge is 2.08. The maximum absolute atomic E-state index is 5.89. The molecule has 0 atom stereocenters. The average molecular weight is 321 g/mol. The summed E-state index contributed by atoms with van der Waals surface area (Å²) in [6.07, 6.45) is 0. The van der Waals surface area contributed by atoms with Crippen molar-refractivity contribution >= 4 is 35.1 Å². The Morgan fingerprint density at radius 2 is 1.23 bits per heavy atom. The molecule has 0 aliphatic rings. The molecule has 0 aliphatic carbocycles. The zero-order chi connectivity index (χ0) is 16.1. The Kier molecular flexibility index (Phi) is 5.38. The smallest absolute Gasteiger partial charge is 0.233 e. The number of halogens is 1. The van der Waals surface area contributed by atoms with Crippen LogP contribution in [0.2, 0.25) is 5.02 Å². The summed E-state index contributed by atoms with van der Waals surface area (Å²) in [5.41, 5.74) is 0.863. The highest BCUT2D eigenvalue weighted by molar-refractivity contribution is 6.30.